The van der Waals surface area contributed by atoms with E-state index in [1.54, 1.807) is 31.5 Å². The number of carbonyl (C=O) groups excluding carboxylic acids is 1. The van der Waals surface area contributed by atoms with Gasteiger partial charge >= 0.3 is 11.9 Å². The van der Waals surface area contributed by atoms with E-state index >= 15 is 0 Å². The highest BCUT2D eigenvalue weighted by Gasteiger charge is 2.32. The number of carboxylic acid groups (broad SMARTS) is 2. The van der Waals surface area contributed by atoms with Gasteiger partial charge in [-0.2, -0.15) is 0 Å². The van der Waals surface area contributed by atoms with Gasteiger partial charge in [0, 0.05) is 72.7 Å². The lowest BCUT2D eigenvalue weighted by molar-refractivity contribution is -0.143. The Kier molecular flexibility index (Phi) is 7.21. The van der Waals surface area contributed by atoms with Gasteiger partial charge in [0.2, 0.25) is 5.91 Å². The van der Waals surface area contributed by atoms with Gasteiger partial charge in [0.15, 0.2) is 0 Å². The van der Waals surface area contributed by atoms with E-state index < -0.39 is 23.9 Å². The molecule has 4 rings (SSSR count). The molecule has 1 amide bonds. The van der Waals surface area contributed by atoms with Crippen LogP contribution >= 0.6 is 0 Å². The molecule has 1 aromatic heterocycles. The van der Waals surface area contributed by atoms with Crippen molar-refractivity contribution in [3.63, 3.8) is 0 Å². The van der Waals surface area contributed by atoms with E-state index in [2.05, 4.69) is 15.2 Å². The number of anilines is 2. The highest BCUT2D eigenvalue weighted by atomic mass is 16.5. The summed E-state index contributed by atoms with van der Waals surface area (Å²) < 4.78 is 5.31. The van der Waals surface area contributed by atoms with Crippen molar-refractivity contribution in [1.82, 2.24) is 9.88 Å². The van der Waals surface area contributed by atoms with Crippen LogP contribution in [0.4, 0.5) is 11.4 Å². The lowest BCUT2D eigenvalue weighted by Crippen LogP contribution is -2.49. The minimum atomic E-state index is -1.04. The average molecular weight is 481 g/mol. The van der Waals surface area contributed by atoms with Gasteiger partial charge in [0.1, 0.15) is 11.8 Å². The second-order valence-corrected chi connectivity index (χ2v) is 8.41. The Morgan fingerprint density at radius 2 is 1.83 bits per heavy atom. The molecule has 10 heteroatoms. The van der Waals surface area contributed by atoms with Crippen LogP contribution in [0.2, 0.25) is 0 Å². The second kappa shape index (κ2) is 10.5. The molecule has 1 atom stereocenters. The fourth-order valence-electron chi connectivity index (χ4n) is 4.42. The Labute approximate surface area is 202 Å². The number of nitrogens with zero attached hydrogens (tertiary/aromatic N) is 2. The van der Waals surface area contributed by atoms with Crippen LogP contribution in [-0.2, 0) is 14.4 Å². The van der Waals surface area contributed by atoms with Crippen molar-refractivity contribution in [2.75, 3.05) is 43.5 Å². The maximum Gasteiger partial charge on any atom is 0.325 e. The molecule has 0 spiro atoms. The smallest absolute Gasteiger partial charge is 0.325 e. The minimum Gasteiger partial charge on any atom is -0.497 e. The third-order valence-corrected chi connectivity index (χ3v) is 6.19. The number of ether oxygens (including phenoxy) is 1. The number of carboxylic acids is 2. The van der Waals surface area contributed by atoms with E-state index in [1.807, 2.05) is 29.2 Å². The normalized spacial score (nSPS) is 15.1. The zero-order chi connectivity index (χ0) is 24.9. The molecule has 1 saturated heterocycles. The van der Waals surface area contributed by atoms with Gasteiger partial charge in [-0.25, -0.2) is 0 Å². The number of aromatic nitrogens is 1. The SMILES string of the molecule is COc1cccc(N2CCN([C@H](C(=O)O)c3c[nH]c4ccc(NC(=O)CCC(=O)O)cc34)CC2)c1. The average Bonchev–Trinajstić information content (AvgIpc) is 3.26. The standard InChI is InChI=1S/C25H28N4O6/c1-35-18-4-2-3-17(14-18)28-9-11-29(12-10-28)24(25(33)34)20-15-26-21-6-5-16(13-19(20)21)27-22(30)7-8-23(31)32/h2-6,13-15,24,26H,7-12H2,1H3,(H,27,30)(H,31,32)(H,33,34)/t24-/m0/s1. The number of H-pyrrole nitrogens is 1. The van der Waals surface area contributed by atoms with Crippen LogP contribution < -0.4 is 15.0 Å². The first-order chi connectivity index (χ1) is 16.9. The molecule has 1 aliphatic heterocycles. The maximum atomic E-state index is 12.4. The summed E-state index contributed by atoms with van der Waals surface area (Å²) in [4.78, 5) is 42.4. The third-order valence-electron chi connectivity index (χ3n) is 6.19. The number of fused-ring (bicyclic) bond motifs is 1. The number of rotatable bonds is 9. The van der Waals surface area contributed by atoms with E-state index in [9.17, 15) is 19.5 Å². The van der Waals surface area contributed by atoms with E-state index in [-0.39, 0.29) is 12.8 Å². The molecule has 0 radical (unpaired) electrons. The molecule has 2 aromatic carbocycles. The number of aliphatic carboxylic acids is 2. The molecule has 4 N–H and O–H groups in total. The van der Waals surface area contributed by atoms with Crippen LogP contribution in [0.3, 0.4) is 0 Å². The molecule has 3 aromatic rings. The number of hydrogen-bond donors (Lipinski definition) is 4. The predicted octanol–water partition coefficient (Wildman–Crippen LogP) is 2.93. The van der Waals surface area contributed by atoms with Gasteiger partial charge < -0.3 is 30.2 Å². The number of carbonyl (C=O) groups is 3. The van der Waals surface area contributed by atoms with Crippen molar-refractivity contribution < 1.29 is 29.3 Å². The first-order valence-electron chi connectivity index (χ1n) is 11.3. The van der Waals surface area contributed by atoms with Crippen molar-refractivity contribution in [3.8, 4) is 5.75 Å². The van der Waals surface area contributed by atoms with Gasteiger partial charge in [0.25, 0.3) is 0 Å². The highest BCUT2D eigenvalue weighted by molar-refractivity contribution is 5.96. The minimum absolute atomic E-state index is 0.136. The number of aromatic amines is 1. The molecule has 0 aliphatic carbocycles. The Hall–Kier alpha value is -4.05. The second-order valence-electron chi connectivity index (χ2n) is 8.41. The molecule has 184 valence electrons. The Morgan fingerprint density at radius 1 is 1.06 bits per heavy atom. The number of amides is 1. The number of piperazine rings is 1. The molecule has 35 heavy (non-hydrogen) atoms. The van der Waals surface area contributed by atoms with Crippen molar-refractivity contribution in [2.24, 2.45) is 0 Å². The van der Waals surface area contributed by atoms with Crippen LogP contribution in [0.25, 0.3) is 10.9 Å². The third kappa shape index (κ3) is 5.55. The van der Waals surface area contributed by atoms with Crippen LogP contribution in [0.15, 0.2) is 48.7 Å². The van der Waals surface area contributed by atoms with Crippen LogP contribution in [0.5, 0.6) is 5.75 Å². The number of hydrogen-bond acceptors (Lipinski definition) is 6. The van der Waals surface area contributed by atoms with E-state index in [1.165, 1.54) is 0 Å². The molecular formula is C25H28N4O6. The van der Waals surface area contributed by atoms with Crippen molar-refractivity contribution >= 4 is 40.1 Å². The number of nitrogens with one attached hydrogen (secondary N) is 2. The summed E-state index contributed by atoms with van der Waals surface area (Å²) in [5.41, 5.74) is 2.89. The summed E-state index contributed by atoms with van der Waals surface area (Å²) in [6.07, 6.45) is 1.31. The zero-order valence-corrected chi connectivity index (χ0v) is 19.4. The largest absolute Gasteiger partial charge is 0.497 e. The van der Waals surface area contributed by atoms with Gasteiger partial charge in [0.05, 0.1) is 13.5 Å². The molecule has 1 aliphatic rings. The molecule has 10 nitrogen and oxygen atoms in total. The topological polar surface area (TPSA) is 135 Å². The molecule has 0 unspecified atom stereocenters. The van der Waals surface area contributed by atoms with E-state index in [0.717, 1.165) is 17.0 Å². The van der Waals surface area contributed by atoms with Crippen molar-refractivity contribution in [3.05, 3.63) is 54.2 Å². The summed E-state index contributed by atoms with van der Waals surface area (Å²) >= 11 is 0. The van der Waals surface area contributed by atoms with Gasteiger partial charge in [-0.05, 0) is 30.3 Å². The number of methoxy groups -OCH3 is 1. The molecular weight excluding hydrogens is 452 g/mol. The van der Waals surface area contributed by atoms with Crippen molar-refractivity contribution in [2.45, 2.75) is 18.9 Å². The highest BCUT2D eigenvalue weighted by Crippen LogP contribution is 2.32. The first kappa shape index (κ1) is 24.1. The fraction of sp³-hybridized carbons (Fsp3) is 0.320. The molecule has 0 saturated carbocycles. The van der Waals surface area contributed by atoms with E-state index in [0.29, 0.717) is 42.8 Å². The predicted molar refractivity (Wildman–Crippen MR) is 131 cm³/mol. The van der Waals surface area contributed by atoms with E-state index in [4.69, 9.17) is 9.84 Å². The summed E-state index contributed by atoms with van der Waals surface area (Å²) in [5.74, 6) is -1.62. The molecule has 2 heterocycles. The summed E-state index contributed by atoms with van der Waals surface area (Å²) in [6.45, 7) is 2.47. The van der Waals surface area contributed by atoms with Crippen LogP contribution in [0.1, 0.15) is 24.4 Å². The number of benzene rings is 2. The summed E-state index contributed by atoms with van der Waals surface area (Å²) in [7, 11) is 1.63. The Bertz CT molecular complexity index is 1230. The van der Waals surface area contributed by atoms with Crippen molar-refractivity contribution in [1.29, 1.82) is 0 Å². The van der Waals surface area contributed by atoms with Gasteiger partial charge in [-0.1, -0.05) is 6.07 Å². The lowest BCUT2D eigenvalue weighted by atomic mass is 10.0. The van der Waals surface area contributed by atoms with Gasteiger partial charge in [-0.3, -0.25) is 19.3 Å². The fourth-order valence-corrected chi connectivity index (χ4v) is 4.42. The Morgan fingerprint density at radius 3 is 2.51 bits per heavy atom. The quantitative estimate of drug-likeness (QED) is 0.367. The summed E-state index contributed by atoms with van der Waals surface area (Å²) in [5, 5.41) is 22.3. The zero-order valence-electron chi connectivity index (χ0n) is 19.4. The van der Waals surface area contributed by atoms with Crippen LogP contribution in [0, 0.1) is 0 Å². The van der Waals surface area contributed by atoms with Gasteiger partial charge in [-0.15, -0.1) is 0 Å². The first-order valence-corrected chi connectivity index (χ1v) is 11.3. The Balaban J connectivity index is 1.51. The molecule has 0 bridgehead atoms. The maximum absolute atomic E-state index is 12.4. The lowest BCUT2D eigenvalue weighted by Gasteiger charge is -2.38. The van der Waals surface area contributed by atoms with Crippen LogP contribution in [-0.4, -0.2) is 71.2 Å². The molecule has 1 fully saturated rings. The monoisotopic (exact) mass is 480 g/mol. The summed E-state index contributed by atoms with van der Waals surface area (Å²) in [6, 6.07) is 12.1.